The van der Waals surface area contributed by atoms with Crippen LogP contribution in [0.15, 0.2) is 29.2 Å². The van der Waals surface area contributed by atoms with Crippen molar-refractivity contribution in [2.75, 3.05) is 18.9 Å². The Bertz CT molecular complexity index is 752. The van der Waals surface area contributed by atoms with E-state index >= 15 is 0 Å². The van der Waals surface area contributed by atoms with Crippen LogP contribution < -0.4 is 10.6 Å². The molecule has 0 aliphatic rings. The third-order valence-electron chi connectivity index (χ3n) is 3.56. The summed E-state index contributed by atoms with van der Waals surface area (Å²) >= 11 is 0. The van der Waals surface area contributed by atoms with Crippen LogP contribution >= 0.6 is 0 Å². The zero-order valence-corrected chi connectivity index (χ0v) is 17.5. The zero-order valence-electron chi connectivity index (χ0n) is 16.7. The number of carbonyl (C=O) groups excluding carboxylic acids is 2. The van der Waals surface area contributed by atoms with Gasteiger partial charge in [0.25, 0.3) is 0 Å². The highest BCUT2D eigenvalue weighted by Gasteiger charge is 2.22. The van der Waals surface area contributed by atoms with Gasteiger partial charge >= 0.3 is 6.09 Å². The highest BCUT2D eigenvalue weighted by molar-refractivity contribution is 7.89. The number of ether oxygens (including phenoxy) is 1. The molecule has 0 heterocycles. The van der Waals surface area contributed by atoms with E-state index in [-0.39, 0.29) is 29.8 Å². The Morgan fingerprint density at radius 3 is 2.19 bits per heavy atom. The molecule has 27 heavy (non-hydrogen) atoms. The van der Waals surface area contributed by atoms with Crippen LogP contribution in [0.2, 0.25) is 0 Å². The van der Waals surface area contributed by atoms with E-state index in [0.717, 1.165) is 0 Å². The lowest BCUT2D eigenvalue weighted by atomic mass is 10.2. The van der Waals surface area contributed by atoms with Crippen LogP contribution in [0.4, 0.5) is 10.5 Å². The molecule has 0 atom stereocenters. The van der Waals surface area contributed by atoms with Crippen LogP contribution in [0.25, 0.3) is 0 Å². The molecular weight excluding hydrogens is 370 g/mol. The summed E-state index contributed by atoms with van der Waals surface area (Å²) in [7, 11) is -2.04. The molecule has 152 valence electrons. The van der Waals surface area contributed by atoms with Gasteiger partial charge in [-0.25, -0.2) is 13.2 Å². The molecular formula is C18H29N3O5S. The average Bonchev–Trinajstić information content (AvgIpc) is 2.52. The van der Waals surface area contributed by atoms with Gasteiger partial charge in [-0.3, -0.25) is 4.79 Å². The van der Waals surface area contributed by atoms with E-state index in [1.54, 1.807) is 34.6 Å². The van der Waals surface area contributed by atoms with E-state index in [1.165, 1.54) is 35.6 Å². The molecule has 0 aromatic heterocycles. The minimum absolute atomic E-state index is 0.0649. The molecule has 2 N–H and O–H groups in total. The first-order valence-corrected chi connectivity index (χ1v) is 10.1. The van der Waals surface area contributed by atoms with E-state index < -0.39 is 21.7 Å². The van der Waals surface area contributed by atoms with Gasteiger partial charge in [0.1, 0.15) is 5.60 Å². The fraction of sp³-hybridized carbons (Fsp3) is 0.556. The van der Waals surface area contributed by atoms with Crippen molar-refractivity contribution in [3.63, 3.8) is 0 Å². The fourth-order valence-corrected chi connectivity index (χ4v) is 3.34. The lowest BCUT2D eigenvalue weighted by Crippen LogP contribution is -2.34. The number of nitrogens with zero attached hydrogens (tertiary/aromatic N) is 1. The lowest BCUT2D eigenvalue weighted by molar-refractivity contribution is -0.116. The SMILES string of the molecule is CC(C)N(C)S(=O)(=O)c1ccc(NC(=O)CCNC(=O)OC(C)(C)C)cc1. The van der Waals surface area contributed by atoms with Crippen LogP contribution in [0.3, 0.4) is 0 Å². The molecule has 0 aliphatic carbocycles. The number of sulfonamides is 1. The van der Waals surface area contributed by atoms with Crippen molar-refractivity contribution in [2.24, 2.45) is 0 Å². The minimum atomic E-state index is -3.56. The van der Waals surface area contributed by atoms with Crippen molar-refractivity contribution in [1.82, 2.24) is 9.62 Å². The molecule has 0 fully saturated rings. The first-order valence-electron chi connectivity index (χ1n) is 8.68. The van der Waals surface area contributed by atoms with Crippen molar-refractivity contribution in [2.45, 2.75) is 57.6 Å². The summed E-state index contributed by atoms with van der Waals surface area (Å²) in [5.41, 5.74) is -0.124. The second kappa shape index (κ2) is 9.18. The number of alkyl carbamates (subject to hydrolysis) is 1. The summed E-state index contributed by atoms with van der Waals surface area (Å²) in [6, 6.07) is 5.79. The topological polar surface area (TPSA) is 105 Å². The molecule has 0 unspecified atom stereocenters. The summed E-state index contributed by atoms with van der Waals surface area (Å²) in [6.07, 6.45) is -0.519. The molecule has 0 radical (unpaired) electrons. The Morgan fingerprint density at radius 1 is 1.15 bits per heavy atom. The molecule has 0 aliphatic heterocycles. The quantitative estimate of drug-likeness (QED) is 0.733. The van der Waals surface area contributed by atoms with E-state index in [2.05, 4.69) is 10.6 Å². The van der Waals surface area contributed by atoms with Gasteiger partial charge < -0.3 is 15.4 Å². The van der Waals surface area contributed by atoms with Gasteiger partial charge in [-0.2, -0.15) is 4.31 Å². The first kappa shape index (κ1) is 22.9. The molecule has 0 bridgehead atoms. The predicted octanol–water partition coefficient (Wildman–Crippen LogP) is 2.57. The largest absolute Gasteiger partial charge is 0.444 e. The number of rotatable bonds is 7. The van der Waals surface area contributed by atoms with E-state index in [9.17, 15) is 18.0 Å². The zero-order chi connectivity index (χ0) is 20.8. The molecule has 0 saturated heterocycles. The number of anilines is 1. The second-order valence-electron chi connectivity index (χ2n) is 7.37. The summed E-state index contributed by atoms with van der Waals surface area (Å²) in [4.78, 5) is 23.6. The Balaban J connectivity index is 2.56. The summed E-state index contributed by atoms with van der Waals surface area (Å²) < 4.78 is 31.2. The van der Waals surface area contributed by atoms with Crippen LogP contribution in [0, 0.1) is 0 Å². The molecule has 9 heteroatoms. The average molecular weight is 400 g/mol. The summed E-state index contributed by atoms with van der Waals surface area (Å²) in [5, 5.41) is 5.16. The monoisotopic (exact) mass is 399 g/mol. The highest BCUT2D eigenvalue weighted by atomic mass is 32.2. The minimum Gasteiger partial charge on any atom is -0.444 e. The van der Waals surface area contributed by atoms with Gasteiger partial charge in [0.05, 0.1) is 4.90 Å². The number of amides is 2. The molecule has 0 spiro atoms. The van der Waals surface area contributed by atoms with Crippen LogP contribution in [0.1, 0.15) is 41.0 Å². The molecule has 2 amide bonds. The van der Waals surface area contributed by atoms with Gasteiger partial charge in [0.15, 0.2) is 0 Å². The third-order valence-corrected chi connectivity index (χ3v) is 5.61. The van der Waals surface area contributed by atoms with E-state index in [1.807, 2.05) is 0 Å². The fourth-order valence-electron chi connectivity index (χ4n) is 1.97. The summed E-state index contributed by atoms with van der Waals surface area (Å²) in [6.45, 7) is 8.97. The Morgan fingerprint density at radius 2 is 1.70 bits per heavy atom. The summed E-state index contributed by atoms with van der Waals surface area (Å²) in [5.74, 6) is -0.305. The van der Waals surface area contributed by atoms with Crippen molar-refractivity contribution in [3.05, 3.63) is 24.3 Å². The molecule has 0 saturated carbocycles. The third kappa shape index (κ3) is 7.56. The van der Waals surface area contributed by atoms with Crippen LogP contribution in [0.5, 0.6) is 0 Å². The van der Waals surface area contributed by atoms with E-state index in [0.29, 0.717) is 5.69 Å². The maximum atomic E-state index is 12.4. The molecule has 1 aromatic carbocycles. The van der Waals surface area contributed by atoms with Gasteiger partial charge in [0.2, 0.25) is 15.9 Å². The smallest absolute Gasteiger partial charge is 0.407 e. The lowest BCUT2D eigenvalue weighted by Gasteiger charge is -2.21. The Kier molecular flexibility index (Phi) is 7.79. The maximum absolute atomic E-state index is 12.4. The Hall–Kier alpha value is -2.13. The highest BCUT2D eigenvalue weighted by Crippen LogP contribution is 2.19. The van der Waals surface area contributed by atoms with Crippen molar-refractivity contribution in [1.29, 1.82) is 0 Å². The number of hydrogen-bond donors (Lipinski definition) is 2. The standard InChI is InChI=1S/C18H29N3O5S/c1-13(2)21(6)27(24,25)15-9-7-14(8-10-15)20-16(22)11-12-19-17(23)26-18(3,4)5/h7-10,13H,11-12H2,1-6H3,(H,19,23)(H,20,22). The van der Waals surface area contributed by atoms with Crippen LogP contribution in [-0.4, -0.2) is 50.0 Å². The van der Waals surface area contributed by atoms with E-state index in [4.69, 9.17) is 4.74 Å². The van der Waals surface area contributed by atoms with Crippen molar-refractivity contribution < 1.29 is 22.7 Å². The van der Waals surface area contributed by atoms with Crippen molar-refractivity contribution in [3.8, 4) is 0 Å². The first-order chi connectivity index (χ1) is 12.3. The predicted molar refractivity (Wildman–Crippen MR) is 104 cm³/mol. The second-order valence-corrected chi connectivity index (χ2v) is 9.36. The van der Waals surface area contributed by atoms with Crippen LogP contribution in [-0.2, 0) is 19.6 Å². The number of nitrogens with one attached hydrogen (secondary N) is 2. The van der Waals surface area contributed by atoms with Gasteiger partial charge in [-0.1, -0.05) is 0 Å². The number of carbonyl (C=O) groups is 2. The maximum Gasteiger partial charge on any atom is 0.407 e. The molecule has 8 nitrogen and oxygen atoms in total. The molecule has 1 aromatic rings. The number of benzene rings is 1. The van der Waals surface area contributed by atoms with Gasteiger partial charge in [-0.15, -0.1) is 0 Å². The van der Waals surface area contributed by atoms with Gasteiger partial charge in [-0.05, 0) is 58.9 Å². The number of hydrogen-bond acceptors (Lipinski definition) is 5. The Labute approximate surface area is 161 Å². The van der Waals surface area contributed by atoms with Crippen molar-refractivity contribution >= 4 is 27.7 Å². The van der Waals surface area contributed by atoms with Gasteiger partial charge in [0, 0.05) is 31.7 Å². The molecule has 1 rings (SSSR count). The normalized spacial score (nSPS) is 12.1.